The fourth-order valence-corrected chi connectivity index (χ4v) is 2.29. The van der Waals surface area contributed by atoms with Crippen molar-refractivity contribution in [1.29, 1.82) is 0 Å². The lowest BCUT2D eigenvalue weighted by atomic mass is 10.0. The molecule has 2 saturated heterocycles. The largest absolute Gasteiger partial charge is 0.480 e. The van der Waals surface area contributed by atoms with Crippen LogP contribution in [0.3, 0.4) is 0 Å². The SMILES string of the molecule is O=C1CN(C2CCOCC2)C(C(=O)O)CN1. The Balaban J connectivity index is 2.06. The quantitative estimate of drug-likeness (QED) is 0.637. The highest BCUT2D eigenvalue weighted by Crippen LogP contribution is 2.18. The third-order valence-electron chi connectivity index (χ3n) is 3.16. The summed E-state index contributed by atoms with van der Waals surface area (Å²) in [6.45, 7) is 1.68. The minimum atomic E-state index is -0.869. The van der Waals surface area contributed by atoms with Crippen LogP contribution in [-0.2, 0) is 14.3 Å². The molecular weight excluding hydrogens is 212 g/mol. The third-order valence-corrected chi connectivity index (χ3v) is 3.16. The van der Waals surface area contributed by atoms with Crippen LogP contribution in [0.2, 0.25) is 0 Å². The summed E-state index contributed by atoms with van der Waals surface area (Å²) < 4.78 is 5.24. The molecule has 0 spiro atoms. The molecule has 1 atom stereocenters. The van der Waals surface area contributed by atoms with Crippen LogP contribution in [0, 0.1) is 0 Å². The van der Waals surface area contributed by atoms with Gasteiger partial charge in [0.05, 0.1) is 6.54 Å². The number of hydrogen-bond acceptors (Lipinski definition) is 4. The molecule has 0 bridgehead atoms. The predicted molar refractivity (Wildman–Crippen MR) is 55.0 cm³/mol. The van der Waals surface area contributed by atoms with Gasteiger partial charge in [-0.15, -0.1) is 0 Å². The van der Waals surface area contributed by atoms with Crippen LogP contribution in [0.15, 0.2) is 0 Å². The number of nitrogens with zero attached hydrogens (tertiary/aromatic N) is 1. The normalized spacial score (nSPS) is 28.8. The van der Waals surface area contributed by atoms with Crippen molar-refractivity contribution in [3.05, 3.63) is 0 Å². The number of nitrogens with one attached hydrogen (secondary N) is 1. The Hall–Kier alpha value is -1.14. The molecule has 0 aromatic carbocycles. The van der Waals surface area contributed by atoms with E-state index >= 15 is 0 Å². The van der Waals surface area contributed by atoms with Gasteiger partial charge in [0, 0.05) is 25.8 Å². The van der Waals surface area contributed by atoms with Gasteiger partial charge >= 0.3 is 5.97 Å². The molecule has 2 fully saturated rings. The first kappa shape index (κ1) is 11.3. The average Bonchev–Trinajstić information content (AvgIpc) is 2.29. The lowest BCUT2D eigenvalue weighted by Crippen LogP contribution is -2.61. The number of rotatable bonds is 2. The van der Waals surface area contributed by atoms with Gasteiger partial charge in [0.1, 0.15) is 6.04 Å². The van der Waals surface area contributed by atoms with Gasteiger partial charge in [-0.2, -0.15) is 0 Å². The van der Waals surface area contributed by atoms with Crippen LogP contribution < -0.4 is 5.32 Å². The highest BCUT2D eigenvalue weighted by Gasteiger charge is 2.36. The fourth-order valence-electron chi connectivity index (χ4n) is 2.29. The van der Waals surface area contributed by atoms with Crippen molar-refractivity contribution in [3.63, 3.8) is 0 Å². The first-order valence-corrected chi connectivity index (χ1v) is 5.51. The zero-order valence-electron chi connectivity index (χ0n) is 9.02. The molecule has 6 nitrogen and oxygen atoms in total. The van der Waals surface area contributed by atoms with E-state index in [0.717, 1.165) is 12.8 Å². The summed E-state index contributed by atoms with van der Waals surface area (Å²) in [5.41, 5.74) is 0. The molecule has 0 saturated carbocycles. The third kappa shape index (κ3) is 2.33. The number of ether oxygens (including phenoxy) is 1. The lowest BCUT2D eigenvalue weighted by molar-refractivity contribution is -0.148. The van der Waals surface area contributed by atoms with Gasteiger partial charge < -0.3 is 15.2 Å². The highest BCUT2D eigenvalue weighted by atomic mass is 16.5. The van der Waals surface area contributed by atoms with Gasteiger partial charge in [0.25, 0.3) is 0 Å². The highest BCUT2D eigenvalue weighted by molar-refractivity contribution is 5.83. The Morgan fingerprint density at radius 1 is 1.44 bits per heavy atom. The van der Waals surface area contributed by atoms with Crippen LogP contribution in [0.1, 0.15) is 12.8 Å². The summed E-state index contributed by atoms with van der Waals surface area (Å²) in [6, 6.07) is -0.443. The zero-order valence-corrected chi connectivity index (χ0v) is 9.02. The first-order chi connectivity index (χ1) is 7.68. The summed E-state index contributed by atoms with van der Waals surface area (Å²) in [7, 11) is 0. The smallest absolute Gasteiger partial charge is 0.322 e. The molecule has 6 heteroatoms. The second-order valence-corrected chi connectivity index (χ2v) is 4.17. The van der Waals surface area contributed by atoms with E-state index in [-0.39, 0.29) is 25.0 Å². The van der Waals surface area contributed by atoms with E-state index in [1.165, 1.54) is 0 Å². The molecule has 2 heterocycles. The average molecular weight is 228 g/mol. The van der Waals surface area contributed by atoms with Crippen molar-refractivity contribution in [3.8, 4) is 0 Å². The molecule has 2 aliphatic rings. The first-order valence-electron chi connectivity index (χ1n) is 5.51. The summed E-state index contributed by atoms with van der Waals surface area (Å²) in [6.07, 6.45) is 1.61. The Kier molecular flexibility index (Phi) is 3.40. The molecule has 1 unspecified atom stereocenters. The molecule has 90 valence electrons. The maximum absolute atomic E-state index is 11.3. The van der Waals surface area contributed by atoms with Gasteiger partial charge in [0.15, 0.2) is 0 Å². The van der Waals surface area contributed by atoms with E-state index in [9.17, 15) is 9.59 Å². The van der Waals surface area contributed by atoms with Gasteiger partial charge in [-0.3, -0.25) is 14.5 Å². The van der Waals surface area contributed by atoms with Gasteiger partial charge in [-0.1, -0.05) is 0 Å². The number of carbonyl (C=O) groups is 2. The zero-order chi connectivity index (χ0) is 11.5. The summed E-state index contributed by atoms with van der Waals surface area (Å²) >= 11 is 0. The monoisotopic (exact) mass is 228 g/mol. The lowest BCUT2D eigenvalue weighted by Gasteiger charge is -2.40. The number of carboxylic acid groups (broad SMARTS) is 1. The second-order valence-electron chi connectivity index (χ2n) is 4.17. The van der Waals surface area contributed by atoms with Crippen molar-refractivity contribution in [2.75, 3.05) is 26.3 Å². The molecule has 2 aliphatic heterocycles. The second kappa shape index (κ2) is 4.80. The van der Waals surface area contributed by atoms with Gasteiger partial charge in [0.2, 0.25) is 5.91 Å². The van der Waals surface area contributed by atoms with Crippen molar-refractivity contribution in [2.45, 2.75) is 24.9 Å². The van der Waals surface area contributed by atoms with Crippen molar-refractivity contribution < 1.29 is 19.4 Å². The van der Waals surface area contributed by atoms with E-state index in [4.69, 9.17) is 9.84 Å². The van der Waals surface area contributed by atoms with Crippen molar-refractivity contribution in [1.82, 2.24) is 10.2 Å². The van der Waals surface area contributed by atoms with Crippen LogP contribution >= 0.6 is 0 Å². The van der Waals surface area contributed by atoms with Crippen molar-refractivity contribution >= 4 is 11.9 Å². The van der Waals surface area contributed by atoms with E-state index in [1.807, 2.05) is 0 Å². The fraction of sp³-hybridized carbons (Fsp3) is 0.800. The summed E-state index contributed by atoms with van der Waals surface area (Å²) in [4.78, 5) is 24.2. The molecule has 0 aliphatic carbocycles. The molecule has 2 N–H and O–H groups in total. The topological polar surface area (TPSA) is 78.9 Å². The van der Waals surface area contributed by atoms with Crippen LogP contribution in [0.5, 0.6) is 0 Å². The molecule has 16 heavy (non-hydrogen) atoms. The van der Waals surface area contributed by atoms with Crippen LogP contribution in [0.25, 0.3) is 0 Å². The maximum atomic E-state index is 11.3. The summed E-state index contributed by atoms with van der Waals surface area (Å²) in [5.74, 6) is -0.963. The summed E-state index contributed by atoms with van der Waals surface area (Å²) in [5, 5.41) is 11.7. The van der Waals surface area contributed by atoms with E-state index in [0.29, 0.717) is 13.2 Å². The Bertz CT molecular complexity index is 289. The molecule has 1 amide bonds. The standard InChI is InChI=1S/C10H16N2O4/c13-9-6-12(7-1-3-16-4-2-7)8(5-11-9)10(14)15/h7-8H,1-6H2,(H,11,13)(H,14,15). The minimum absolute atomic E-state index is 0.0935. The van der Waals surface area contributed by atoms with E-state index in [2.05, 4.69) is 5.32 Å². The van der Waals surface area contributed by atoms with Crippen LogP contribution in [0.4, 0.5) is 0 Å². The minimum Gasteiger partial charge on any atom is -0.480 e. The van der Waals surface area contributed by atoms with Crippen molar-refractivity contribution in [2.24, 2.45) is 0 Å². The molecule has 0 aromatic heterocycles. The molecule has 0 aromatic rings. The molecule has 0 radical (unpaired) electrons. The Labute approximate surface area is 93.6 Å². The Morgan fingerprint density at radius 3 is 2.75 bits per heavy atom. The molecule has 2 rings (SSSR count). The van der Waals surface area contributed by atoms with E-state index in [1.54, 1.807) is 4.90 Å². The van der Waals surface area contributed by atoms with Gasteiger partial charge in [-0.05, 0) is 12.8 Å². The van der Waals surface area contributed by atoms with Crippen LogP contribution in [-0.4, -0.2) is 60.3 Å². The number of hydrogen-bond donors (Lipinski definition) is 2. The maximum Gasteiger partial charge on any atom is 0.322 e. The van der Waals surface area contributed by atoms with Gasteiger partial charge in [-0.25, -0.2) is 0 Å². The van der Waals surface area contributed by atoms with E-state index < -0.39 is 12.0 Å². The number of carboxylic acids is 1. The molecular formula is C10H16N2O4. The Morgan fingerprint density at radius 2 is 2.12 bits per heavy atom. The number of aliphatic carboxylic acids is 1. The number of piperazine rings is 1. The predicted octanol–water partition coefficient (Wildman–Crippen LogP) is -0.950. The number of amides is 1. The number of carbonyl (C=O) groups excluding carboxylic acids is 1.